The van der Waals surface area contributed by atoms with Crippen molar-refractivity contribution in [1.29, 1.82) is 0 Å². The molecule has 0 spiro atoms. The number of rotatable bonds is 3. The number of hydrogen-bond acceptors (Lipinski definition) is 4. The van der Waals surface area contributed by atoms with Crippen molar-refractivity contribution < 1.29 is 13.9 Å². The monoisotopic (exact) mass is 323 g/mol. The van der Waals surface area contributed by atoms with Crippen LogP contribution in [0.25, 0.3) is 0 Å². The molecule has 2 atom stereocenters. The molecule has 0 saturated carbocycles. The van der Waals surface area contributed by atoms with Crippen LogP contribution in [-0.2, 0) is 4.74 Å². The normalized spacial score (nSPS) is 22.2. The van der Waals surface area contributed by atoms with E-state index in [1.54, 1.807) is 32.9 Å². The van der Waals surface area contributed by atoms with Crippen molar-refractivity contribution >= 4 is 11.8 Å². The molecule has 2 rings (SSSR count). The number of benzene rings is 1. The van der Waals surface area contributed by atoms with Gasteiger partial charge in [0.05, 0.1) is 5.69 Å². The zero-order valence-corrected chi connectivity index (χ0v) is 14.2. The molecular formula is C17H26FN3O2. The molecule has 0 aromatic heterocycles. The number of nitrogens with two attached hydrogens (primary N) is 1. The summed E-state index contributed by atoms with van der Waals surface area (Å²) in [6, 6.07) is 5.00. The second kappa shape index (κ2) is 6.84. The smallest absolute Gasteiger partial charge is 0.412 e. The van der Waals surface area contributed by atoms with Crippen molar-refractivity contribution in [3.8, 4) is 0 Å². The maximum absolute atomic E-state index is 14.0. The fourth-order valence-corrected chi connectivity index (χ4v) is 2.93. The fraction of sp³-hybridized carbons (Fsp3) is 0.588. The number of amides is 1. The first-order valence-electron chi connectivity index (χ1n) is 7.89. The highest BCUT2D eigenvalue weighted by Crippen LogP contribution is 2.35. The first-order valence-corrected chi connectivity index (χ1v) is 7.89. The third-order valence-corrected chi connectivity index (χ3v) is 3.98. The Balaban J connectivity index is 2.15. The van der Waals surface area contributed by atoms with E-state index in [9.17, 15) is 9.18 Å². The fourth-order valence-electron chi connectivity index (χ4n) is 2.93. The molecule has 1 fully saturated rings. The van der Waals surface area contributed by atoms with Crippen LogP contribution in [0.15, 0.2) is 18.2 Å². The van der Waals surface area contributed by atoms with Crippen molar-refractivity contribution in [2.24, 2.45) is 11.7 Å². The Bertz CT molecular complexity index is 571. The number of ether oxygens (including phenoxy) is 1. The van der Waals surface area contributed by atoms with Gasteiger partial charge in [0, 0.05) is 12.6 Å². The molecule has 0 aliphatic carbocycles. The van der Waals surface area contributed by atoms with E-state index in [0.717, 1.165) is 18.5 Å². The van der Waals surface area contributed by atoms with Crippen molar-refractivity contribution in [3.05, 3.63) is 29.6 Å². The molecule has 5 nitrogen and oxygen atoms in total. The number of likely N-dealkylation sites (tertiary alicyclic amines) is 1. The highest BCUT2D eigenvalue weighted by molar-refractivity contribution is 5.85. The minimum Gasteiger partial charge on any atom is -0.444 e. The molecular weight excluding hydrogens is 297 g/mol. The number of halogens is 1. The molecule has 6 heteroatoms. The van der Waals surface area contributed by atoms with Crippen LogP contribution in [0.5, 0.6) is 0 Å². The third kappa shape index (κ3) is 4.65. The SMILES string of the molecule is CN1CC(CN)CC1c1ccc(F)c(NC(=O)OC(C)(C)C)c1. The molecule has 1 aliphatic rings. The van der Waals surface area contributed by atoms with Gasteiger partial charge in [-0.1, -0.05) is 6.07 Å². The first-order chi connectivity index (χ1) is 10.7. The summed E-state index contributed by atoms with van der Waals surface area (Å²) in [6.45, 7) is 6.86. The molecule has 1 aromatic rings. The molecule has 1 amide bonds. The molecule has 0 radical (unpaired) electrons. The number of carbonyl (C=O) groups is 1. The Morgan fingerprint density at radius 2 is 2.17 bits per heavy atom. The largest absolute Gasteiger partial charge is 0.444 e. The quantitative estimate of drug-likeness (QED) is 0.897. The number of anilines is 1. The van der Waals surface area contributed by atoms with E-state index in [-0.39, 0.29) is 11.7 Å². The van der Waals surface area contributed by atoms with Crippen LogP contribution in [0.3, 0.4) is 0 Å². The first kappa shape index (κ1) is 17.7. The molecule has 1 aliphatic heterocycles. The molecule has 1 heterocycles. The molecule has 128 valence electrons. The zero-order chi connectivity index (χ0) is 17.2. The van der Waals surface area contributed by atoms with E-state index in [2.05, 4.69) is 10.2 Å². The summed E-state index contributed by atoms with van der Waals surface area (Å²) in [5.41, 5.74) is 6.24. The lowest BCUT2D eigenvalue weighted by molar-refractivity contribution is 0.0635. The number of carbonyl (C=O) groups excluding carboxylic acids is 1. The van der Waals surface area contributed by atoms with Crippen molar-refractivity contribution in [2.75, 3.05) is 25.5 Å². The minimum absolute atomic E-state index is 0.140. The van der Waals surface area contributed by atoms with Gasteiger partial charge < -0.3 is 10.5 Å². The van der Waals surface area contributed by atoms with Gasteiger partial charge in [-0.2, -0.15) is 0 Å². The zero-order valence-electron chi connectivity index (χ0n) is 14.2. The average molecular weight is 323 g/mol. The Morgan fingerprint density at radius 3 is 2.74 bits per heavy atom. The summed E-state index contributed by atoms with van der Waals surface area (Å²) in [5.74, 6) is -0.0343. The maximum Gasteiger partial charge on any atom is 0.412 e. The predicted molar refractivity (Wildman–Crippen MR) is 88.8 cm³/mol. The number of nitrogens with zero attached hydrogens (tertiary/aromatic N) is 1. The number of hydrogen-bond donors (Lipinski definition) is 2. The molecule has 23 heavy (non-hydrogen) atoms. The summed E-state index contributed by atoms with van der Waals surface area (Å²) in [7, 11) is 2.03. The van der Waals surface area contributed by atoms with Gasteiger partial charge in [0.1, 0.15) is 11.4 Å². The van der Waals surface area contributed by atoms with Crippen molar-refractivity contribution in [3.63, 3.8) is 0 Å². The van der Waals surface area contributed by atoms with Gasteiger partial charge in [-0.15, -0.1) is 0 Å². The summed E-state index contributed by atoms with van der Waals surface area (Å²) < 4.78 is 19.2. The van der Waals surface area contributed by atoms with Crippen molar-refractivity contribution in [1.82, 2.24) is 4.90 Å². The topological polar surface area (TPSA) is 67.6 Å². The van der Waals surface area contributed by atoms with E-state index in [0.29, 0.717) is 12.5 Å². The maximum atomic E-state index is 14.0. The van der Waals surface area contributed by atoms with Gasteiger partial charge >= 0.3 is 6.09 Å². The molecule has 2 unspecified atom stereocenters. The van der Waals surface area contributed by atoms with Crippen LogP contribution >= 0.6 is 0 Å². The van der Waals surface area contributed by atoms with Gasteiger partial charge in [0.25, 0.3) is 0 Å². The van der Waals surface area contributed by atoms with E-state index >= 15 is 0 Å². The molecule has 0 bridgehead atoms. The molecule has 1 aromatic carbocycles. The summed E-state index contributed by atoms with van der Waals surface area (Å²) in [5, 5.41) is 2.49. The van der Waals surface area contributed by atoms with Crippen LogP contribution < -0.4 is 11.1 Å². The van der Waals surface area contributed by atoms with Gasteiger partial charge in [-0.05, 0) is 64.4 Å². The predicted octanol–water partition coefficient (Wildman–Crippen LogP) is 3.12. The van der Waals surface area contributed by atoms with Gasteiger partial charge in [-0.3, -0.25) is 10.2 Å². The summed E-state index contributed by atoms with van der Waals surface area (Å²) in [6.07, 6.45) is 0.276. The van der Waals surface area contributed by atoms with Crippen molar-refractivity contribution in [2.45, 2.75) is 38.8 Å². The highest BCUT2D eigenvalue weighted by Gasteiger charge is 2.30. The van der Waals surface area contributed by atoms with Crippen LogP contribution in [0.4, 0.5) is 14.9 Å². The Labute approximate surface area is 137 Å². The lowest BCUT2D eigenvalue weighted by Gasteiger charge is -2.22. The Morgan fingerprint density at radius 1 is 1.48 bits per heavy atom. The highest BCUT2D eigenvalue weighted by atomic mass is 19.1. The standard InChI is InChI=1S/C17H26FN3O2/c1-17(2,3)23-16(22)20-14-8-12(5-6-13(14)18)15-7-11(9-19)10-21(15)4/h5-6,8,11,15H,7,9-10,19H2,1-4H3,(H,20,22). The van der Waals surface area contributed by atoms with Crippen LogP contribution in [-0.4, -0.2) is 36.7 Å². The van der Waals surface area contributed by atoms with E-state index in [1.165, 1.54) is 6.07 Å². The second-order valence-corrected chi connectivity index (χ2v) is 7.16. The van der Waals surface area contributed by atoms with Gasteiger partial charge in [0.15, 0.2) is 0 Å². The number of nitrogens with one attached hydrogen (secondary N) is 1. The second-order valence-electron chi connectivity index (χ2n) is 7.16. The Hall–Kier alpha value is -1.66. The van der Waals surface area contributed by atoms with Gasteiger partial charge in [-0.25, -0.2) is 9.18 Å². The summed E-state index contributed by atoms with van der Waals surface area (Å²) in [4.78, 5) is 14.1. The van der Waals surface area contributed by atoms with Crippen LogP contribution in [0, 0.1) is 11.7 Å². The van der Waals surface area contributed by atoms with E-state index in [1.807, 2.05) is 7.05 Å². The van der Waals surface area contributed by atoms with E-state index < -0.39 is 17.5 Å². The minimum atomic E-state index is -0.659. The third-order valence-electron chi connectivity index (χ3n) is 3.98. The summed E-state index contributed by atoms with van der Waals surface area (Å²) >= 11 is 0. The van der Waals surface area contributed by atoms with E-state index in [4.69, 9.17) is 10.5 Å². The van der Waals surface area contributed by atoms with Gasteiger partial charge in [0.2, 0.25) is 0 Å². The Kier molecular flexibility index (Phi) is 5.26. The average Bonchev–Trinajstić information content (AvgIpc) is 2.80. The molecule has 1 saturated heterocycles. The lowest BCUT2D eigenvalue weighted by atomic mass is 9.99. The van der Waals surface area contributed by atoms with Crippen LogP contribution in [0.1, 0.15) is 38.8 Å². The van der Waals surface area contributed by atoms with Crippen LogP contribution in [0.2, 0.25) is 0 Å². The molecule has 3 N–H and O–H groups in total. The lowest BCUT2D eigenvalue weighted by Crippen LogP contribution is -2.27.